The van der Waals surface area contributed by atoms with Gasteiger partial charge in [-0.1, -0.05) is 13.0 Å². The van der Waals surface area contributed by atoms with Crippen molar-refractivity contribution in [1.29, 1.82) is 0 Å². The van der Waals surface area contributed by atoms with Crippen LogP contribution in [-0.2, 0) is 20.7 Å². The van der Waals surface area contributed by atoms with E-state index in [-0.39, 0.29) is 24.7 Å². The Hall–Kier alpha value is -2.04. The third kappa shape index (κ3) is 3.54. The predicted octanol–water partition coefficient (Wildman–Crippen LogP) is 2.17. The number of fused-ring (bicyclic) bond motifs is 1. The fraction of sp³-hybridized carbons (Fsp3) is 0.500. The lowest BCUT2D eigenvalue weighted by Gasteiger charge is -2.33. The van der Waals surface area contributed by atoms with E-state index < -0.39 is 0 Å². The Morgan fingerprint density at radius 3 is 2.71 bits per heavy atom. The Bertz CT molecular complexity index is 541. The van der Waals surface area contributed by atoms with Crippen molar-refractivity contribution in [2.45, 2.75) is 26.2 Å². The number of esters is 1. The molecule has 1 amide bonds. The summed E-state index contributed by atoms with van der Waals surface area (Å²) in [5.41, 5.74) is 2.03. The average molecular weight is 291 g/mol. The zero-order chi connectivity index (χ0) is 15.4. The van der Waals surface area contributed by atoms with Gasteiger partial charge < -0.3 is 14.4 Å². The minimum absolute atomic E-state index is 0.0542. The zero-order valence-corrected chi connectivity index (χ0v) is 12.7. The number of methoxy groups -OCH3 is 2. The Balaban J connectivity index is 2.20. The Kier molecular flexibility index (Phi) is 4.83. The number of amides is 1. The quantitative estimate of drug-likeness (QED) is 0.798. The molecule has 21 heavy (non-hydrogen) atoms. The van der Waals surface area contributed by atoms with Crippen LogP contribution in [0.5, 0.6) is 5.75 Å². The normalized spacial score (nSPS) is 17.1. The van der Waals surface area contributed by atoms with Crippen molar-refractivity contribution >= 4 is 17.6 Å². The van der Waals surface area contributed by atoms with Crippen LogP contribution in [0.25, 0.3) is 0 Å². The minimum atomic E-state index is -0.362. The van der Waals surface area contributed by atoms with Crippen molar-refractivity contribution in [3.8, 4) is 5.75 Å². The van der Waals surface area contributed by atoms with Gasteiger partial charge >= 0.3 is 5.97 Å². The maximum Gasteiger partial charge on any atom is 0.306 e. The lowest BCUT2D eigenvalue weighted by molar-refractivity contribution is -0.141. The van der Waals surface area contributed by atoms with E-state index in [1.54, 1.807) is 12.0 Å². The van der Waals surface area contributed by atoms with Gasteiger partial charge in [-0.3, -0.25) is 9.59 Å². The first-order valence-corrected chi connectivity index (χ1v) is 7.09. The topological polar surface area (TPSA) is 55.8 Å². The number of hydrogen-bond acceptors (Lipinski definition) is 4. The molecule has 1 atom stereocenters. The standard InChI is InChI=1S/C16H21NO4/c1-11-8-12-4-5-13(20-2)9-14(12)17(10-11)15(18)6-7-16(19)21-3/h4-5,9,11H,6-8,10H2,1-3H3. The number of anilines is 1. The molecule has 1 aromatic carbocycles. The second-order valence-corrected chi connectivity index (χ2v) is 5.38. The number of carbonyl (C=O) groups is 2. The van der Waals surface area contributed by atoms with Crippen molar-refractivity contribution < 1.29 is 19.1 Å². The SMILES string of the molecule is COC(=O)CCC(=O)N1CC(C)Cc2ccc(OC)cc21. The smallest absolute Gasteiger partial charge is 0.306 e. The molecule has 0 spiro atoms. The summed E-state index contributed by atoms with van der Waals surface area (Å²) in [6, 6.07) is 5.80. The van der Waals surface area contributed by atoms with Crippen LogP contribution in [0.4, 0.5) is 5.69 Å². The minimum Gasteiger partial charge on any atom is -0.497 e. The first-order chi connectivity index (χ1) is 10.0. The summed E-state index contributed by atoms with van der Waals surface area (Å²) >= 11 is 0. The van der Waals surface area contributed by atoms with Gasteiger partial charge in [-0.15, -0.1) is 0 Å². The maximum absolute atomic E-state index is 12.4. The Morgan fingerprint density at radius 2 is 2.05 bits per heavy atom. The summed E-state index contributed by atoms with van der Waals surface area (Å²) in [7, 11) is 2.94. The molecular weight excluding hydrogens is 270 g/mol. The summed E-state index contributed by atoms with van der Waals surface area (Å²) in [4.78, 5) is 25.4. The van der Waals surface area contributed by atoms with Gasteiger partial charge in [-0.2, -0.15) is 0 Å². The number of nitrogens with zero attached hydrogens (tertiary/aromatic N) is 1. The van der Waals surface area contributed by atoms with E-state index in [1.165, 1.54) is 7.11 Å². The molecule has 1 aliphatic heterocycles. The molecule has 114 valence electrons. The van der Waals surface area contributed by atoms with E-state index >= 15 is 0 Å². The molecule has 2 rings (SSSR count). The van der Waals surface area contributed by atoms with Crippen LogP contribution in [0.3, 0.4) is 0 Å². The summed E-state index contributed by atoms with van der Waals surface area (Å²) in [5, 5.41) is 0. The van der Waals surface area contributed by atoms with Crippen molar-refractivity contribution in [2.24, 2.45) is 5.92 Å². The van der Waals surface area contributed by atoms with Crippen molar-refractivity contribution in [1.82, 2.24) is 0 Å². The van der Waals surface area contributed by atoms with Gasteiger partial charge in [0, 0.05) is 19.0 Å². The molecule has 0 radical (unpaired) electrons. The molecular formula is C16H21NO4. The zero-order valence-electron chi connectivity index (χ0n) is 12.7. The summed E-state index contributed by atoms with van der Waals surface area (Å²) in [6.45, 7) is 2.79. The average Bonchev–Trinajstić information content (AvgIpc) is 2.50. The highest BCUT2D eigenvalue weighted by Gasteiger charge is 2.27. The molecule has 1 aromatic rings. The maximum atomic E-state index is 12.4. The lowest BCUT2D eigenvalue weighted by Crippen LogP contribution is -2.39. The number of benzene rings is 1. The van der Waals surface area contributed by atoms with E-state index in [2.05, 4.69) is 11.7 Å². The molecule has 0 bridgehead atoms. The largest absolute Gasteiger partial charge is 0.497 e. The van der Waals surface area contributed by atoms with Crippen LogP contribution in [0, 0.1) is 5.92 Å². The van der Waals surface area contributed by atoms with E-state index in [0.717, 1.165) is 23.4 Å². The Labute approximate surface area is 124 Å². The number of hydrogen-bond donors (Lipinski definition) is 0. The van der Waals surface area contributed by atoms with Crippen molar-refractivity contribution in [2.75, 3.05) is 25.7 Å². The molecule has 5 heteroatoms. The van der Waals surface area contributed by atoms with Crippen LogP contribution < -0.4 is 9.64 Å². The second kappa shape index (κ2) is 6.61. The molecule has 0 saturated carbocycles. The first kappa shape index (κ1) is 15.4. The molecule has 1 heterocycles. The molecule has 0 saturated heterocycles. The van der Waals surface area contributed by atoms with Gasteiger partial charge in [0.1, 0.15) is 5.75 Å². The van der Waals surface area contributed by atoms with Crippen molar-refractivity contribution in [3.05, 3.63) is 23.8 Å². The third-order valence-electron chi connectivity index (χ3n) is 3.72. The van der Waals surface area contributed by atoms with E-state index in [4.69, 9.17) is 4.74 Å². The van der Waals surface area contributed by atoms with Crippen LogP contribution in [0.2, 0.25) is 0 Å². The van der Waals surface area contributed by atoms with Gasteiger partial charge in [0.05, 0.1) is 26.3 Å². The van der Waals surface area contributed by atoms with Gasteiger partial charge in [0.25, 0.3) is 0 Å². The summed E-state index contributed by atoms with van der Waals surface area (Å²) in [5.74, 6) is 0.711. The predicted molar refractivity (Wildman–Crippen MR) is 79.5 cm³/mol. The Morgan fingerprint density at radius 1 is 1.29 bits per heavy atom. The van der Waals surface area contributed by atoms with Gasteiger partial charge in [-0.25, -0.2) is 0 Å². The highest BCUT2D eigenvalue weighted by Crippen LogP contribution is 2.33. The number of ether oxygens (including phenoxy) is 2. The van der Waals surface area contributed by atoms with E-state index in [9.17, 15) is 9.59 Å². The second-order valence-electron chi connectivity index (χ2n) is 5.38. The number of carbonyl (C=O) groups excluding carboxylic acids is 2. The van der Waals surface area contributed by atoms with Gasteiger partial charge in [-0.05, 0) is 24.0 Å². The third-order valence-corrected chi connectivity index (χ3v) is 3.72. The molecule has 1 unspecified atom stereocenters. The van der Waals surface area contributed by atoms with Crippen LogP contribution >= 0.6 is 0 Å². The van der Waals surface area contributed by atoms with Crippen LogP contribution in [-0.4, -0.2) is 32.6 Å². The van der Waals surface area contributed by atoms with E-state index in [1.807, 2.05) is 18.2 Å². The van der Waals surface area contributed by atoms with Gasteiger partial charge in [0.15, 0.2) is 0 Å². The molecule has 1 aliphatic rings. The number of rotatable bonds is 4. The molecule has 0 aromatic heterocycles. The molecule has 0 aliphatic carbocycles. The molecule has 5 nitrogen and oxygen atoms in total. The highest BCUT2D eigenvalue weighted by molar-refractivity contribution is 5.96. The van der Waals surface area contributed by atoms with E-state index in [0.29, 0.717) is 12.5 Å². The molecule has 0 fully saturated rings. The van der Waals surface area contributed by atoms with Crippen LogP contribution in [0.15, 0.2) is 18.2 Å². The monoisotopic (exact) mass is 291 g/mol. The lowest BCUT2D eigenvalue weighted by atomic mass is 9.93. The molecule has 0 N–H and O–H groups in total. The summed E-state index contributed by atoms with van der Waals surface area (Å²) in [6.07, 6.45) is 1.22. The highest BCUT2D eigenvalue weighted by atomic mass is 16.5. The van der Waals surface area contributed by atoms with Crippen LogP contribution in [0.1, 0.15) is 25.3 Å². The van der Waals surface area contributed by atoms with Crippen molar-refractivity contribution in [3.63, 3.8) is 0 Å². The van der Waals surface area contributed by atoms with Gasteiger partial charge in [0.2, 0.25) is 5.91 Å². The fourth-order valence-electron chi connectivity index (χ4n) is 2.63. The first-order valence-electron chi connectivity index (χ1n) is 7.09. The fourth-order valence-corrected chi connectivity index (χ4v) is 2.63. The summed E-state index contributed by atoms with van der Waals surface area (Å²) < 4.78 is 9.82.